The minimum absolute atomic E-state index is 0.0496. The Morgan fingerprint density at radius 3 is 2.05 bits per heavy atom. The quantitative estimate of drug-likeness (QED) is 0.159. The van der Waals surface area contributed by atoms with Crippen LogP contribution < -0.4 is 27.4 Å². The van der Waals surface area contributed by atoms with Gasteiger partial charge in [0.2, 0.25) is 17.6 Å². The zero-order valence-corrected chi connectivity index (χ0v) is 25.4. The molecule has 4 unspecified atom stereocenters. The molecule has 1 heterocycles. The van der Waals surface area contributed by atoms with Crippen LogP contribution >= 0.6 is 0 Å². The molecule has 0 aromatic heterocycles. The molecule has 2 saturated carbocycles. The number of hydrogen-bond donors (Lipinski definition) is 5. The first-order valence-electron chi connectivity index (χ1n) is 15.1. The molecule has 42 heavy (non-hydrogen) atoms. The third kappa shape index (κ3) is 8.42. The predicted octanol–water partition coefficient (Wildman–Crippen LogP) is 0.478. The number of nitrogens with one attached hydrogen (secondary N) is 3. The van der Waals surface area contributed by atoms with E-state index in [1.165, 1.54) is 4.90 Å². The number of nitrogens with zero attached hydrogens (tertiary/aromatic N) is 1. The van der Waals surface area contributed by atoms with E-state index in [-0.39, 0.29) is 30.9 Å². The molecule has 13 heteroatoms. The summed E-state index contributed by atoms with van der Waals surface area (Å²) in [6, 6.07) is -5.20. The van der Waals surface area contributed by atoms with Crippen LogP contribution in [0.25, 0.3) is 0 Å². The summed E-state index contributed by atoms with van der Waals surface area (Å²) in [6.45, 7) is 8.86. The van der Waals surface area contributed by atoms with Crippen LogP contribution in [0, 0.1) is 17.3 Å². The van der Waals surface area contributed by atoms with Crippen molar-refractivity contribution in [2.75, 3.05) is 6.54 Å². The second-order valence-corrected chi connectivity index (χ2v) is 13.4. The van der Waals surface area contributed by atoms with Gasteiger partial charge in [-0.1, -0.05) is 46.5 Å². The van der Waals surface area contributed by atoms with Crippen LogP contribution in [-0.2, 0) is 28.7 Å². The summed E-state index contributed by atoms with van der Waals surface area (Å²) in [4.78, 5) is 78.7. The van der Waals surface area contributed by atoms with Crippen molar-refractivity contribution in [2.45, 2.75) is 122 Å². The van der Waals surface area contributed by atoms with E-state index < -0.39 is 71.1 Å². The number of hydrogen-bond acceptors (Lipinski definition) is 8. The van der Waals surface area contributed by atoms with Gasteiger partial charge in [0.15, 0.2) is 0 Å². The monoisotopic (exact) mass is 592 g/mol. The van der Waals surface area contributed by atoms with E-state index >= 15 is 0 Å². The van der Waals surface area contributed by atoms with Crippen LogP contribution in [0.4, 0.5) is 4.79 Å². The smallest absolute Gasteiger partial charge is 0.329 e. The molecule has 13 nitrogen and oxygen atoms in total. The fourth-order valence-electron chi connectivity index (χ4n) is 5.67. The van der Waals surface area contributed by atoms with Crippen molar-refractivity contribution in [1.82, 2.24) is 20.9 Å². The lowest BCUT2D eigenvalue weighted by molar-refractivity contribution is -0.152. The molecule has 0 radical (unpaired) electrons. The molecular weight excluding hydrogens is 544 g/mol. The Morgan fingerprint density at radius 2 is 1.57 bits per heavy atom. The summed E-state index contributed by atoms with van der Waals surface area (Å²) >= 11 is 0. The molecule has 5 atom stereocenters. The second kappa shape index (κ2) is 13.8. The molecule has 1 saturated heterocycles. The topological polar surface area (TPSA) is 203 Å². The highest BCUT2D eigenvalue weighted by molar-refractivity contribution is 6.37. The first-order valence-corrected chi connectivity index (χ1v) is 15.1. The molecule has 7 N–H and O–H groups in total. The molecule has 2 aliphatic carbocycles. The normalized spacial score (nSPS) is 23.2. The van der Waals surface area contributed by atoms with Gasteiger partial charge < -0.3 is 37.1 Å². The van der Waals surface area contributed by atoms with Crippen LogP contribution in [0.1, 0.15) is 86.0 Å². The molecule has 0 aromatic rings. The van der Waals surface area contributed by atoms with E-state index in [0.29, 0.717) is 6.42 Å². The zero-order valence-electron chi connectivity index (χ0n) is 25.4. The predicted molar refractivity (Wildman–Crippen MR) is 153 cm³/mol. The summed E-state index contributed by atoms with van der Waals surface area (Å²) in [6.07, 6.45) is 5.43. The van der Waals surface area contributed by atoms with Crippen molar-refractivity contribution in [2.24, 2.45) is 28.7 Å². The third-order valence-electron chi connectivity index (χ3n) is 8.49. The van der Waals surface area contributed by atoms with Crippen molar-refractivity contribution in [3.8, 4) is 0 Å². The number of ketones is 1. The van der Waals surface area contributed by atoms with Gasteiger partial charge >= 0.3 is 12.0 Å². The number of esters is 1. The van der Waals surface area contributed by atoms with E-state index in [4.69, 9.17) is 16.2 Å². The second-order valence-electron chi connectivity index (χ2n) is 13.4. The molecule has 3 fully saturated rings. The number of likely N-dealkylation sites (tertiary alicyclic amines) is 1. The molecule has 0 aromatic carbocycles. The summed E-state index contributed by atoms with van der Waals surface area (Å²) in [5.74, 6) is -3.49. The van der Waals surface area contributed by atoms with Gasteiger partial charge in [-0.15, -0.1) is 0 Å². The summed E-state index contributed by atoms with van der Waals surface area (Å²) in [5.41, 5.74) is 10.6. The first-order chi connectivity index (χ1) is 19.6. The lowest BCUT2D eigenvalue weighted by Crippen LogP contribution is -2.61. The minimum Gasteiger partial charge on any atom is -0.461 e. The Hall–Kier alpha value is -3.22. The average Bonchev–Trinajstić information content (AvgIpc) is 3.22. The minimum atomic E-state index is -1.13. The largest absolute Gasteiger partial charge is 0.461 e. The molecule has 0 bridgehead atoms. The maximum Gasteiger partial charge on any atom is 0.329 e. The SMILES string of the molecule is CC(C)OC(=O)C(NC(=O)NC(C(=O)N1CC(N)C[C@H]1C(=O)NC(CC1CCC1)C(=O)C(N)=O)C(C)(C)C)C1CCC1. The number of Topliss-reactive ketones (excluding diaryl/α,β-unsaturated/α-hetero) is 1. The third-order valence-corrected chi connectivity index (χ3v) is 8.49. The molecule has 1 aliphatic heterocycles. The van der Waals surface area contributed by atoms with Gasteiger partial charge in [0.05, 0.1) is 12.1 Å². The van der Waals surface area contributed by atoms with Crippen molar-refractivity contribution < 1.29 is 33.5 Å². The lowest BCUT2D eigenvalue weighted by Gasteiger charge is -2.37. The van der Waals surface area contributed by atoms with E-state index in [0.717, 1.165) is 38.5 Å². The van der Waals surface area contributed by atoms with Gasteiger partial charge in [-0.3, -0.25) is 19.2 Å². The number of carbonyl (C=O) groups excluding carboxylic acids is 6. The summed E-state index contributed by atoms with van der Waals surface area (Å²) in [5, 5.41) is 8.09. The number of urea groups is 1. The van der Waals surface area contributed by atoms with Crippen LogP contribution in [-0.4, -0.2) is 83.3 Å². The van der Waals surface area contributed by atoms with Gasteiger partial charge in [-0.2, -0.15) is 0 Å². The Bertz CT molecular complexity index is 1050. The number of ether oxygens (including phenoxy) is 1. The Kier molecular flexibility index (Phi) is 11.0. The van der Waals surface area contributed by atoms with Gasteiger partial charge in [0.25, 0.3) is 5.91 Å². The molecule has 236 valence electrons. The van der Waals surface area contributed by atoms with Gasteiger partial charge in [0, 0.05) is 12.6 Å². The summed E-state index contributed by atoms with van der Waals surface area (Å²) < 4.78 is 5.35. The number of carbonyl (C=O) groups is 6. The lowest BCUT2D eigenvalue weighted by atomic mass is 9.79. The van der Waals surface area contributed by atoms with Crippen LogP contribution in [0.15, 0.2) is 0 Å². The number of primary amides is 1. The molecule has 3 aliphatic rings. The highest BCUT2D eigenvalue weighted by Gasteiger charge is 2.45. The fourth-order valence-corrected chi connectivity index (χ4v) is 5.67. The Balaban J connectivity index is 1.74. The van der Waals surface area contributed by atoms with E-state index in [2.05, 4.69) is 16.0 Å². The van der Waals surface area contributed by atoms with Crippen LogP contribution in [0.5, 0.6) is 0 Å². The maximum atomic E-state index is 13.9. The van der Waals surface area contributed by atoms with Crippen molar-refractivity contribution in [3.05, 3.63) is 0 Å². The van der Waals surface area contributed by atoms with E-state index in [9.17, 15) is 28.8 Å². The van der Waals surface area contributed by atoms with Gasteiger partial charge in [0.1, 0.15) is 18.1 Å². The number of rotatable bonds is 12. The van der Waals surface area contributed by atoms with Crippen molar-refractivity contribution >= 4 is 35.5 Å². The van der Waals surface area contributed by atoms with Crippen molar-refractivity contribution in [3.63, 3.8) is 0 Å². The van der Waals surface area contributed by atoms with Crippen LogP contribution in [0.3, 0.4) is 0 Å². The van der Waals surface area contributed by atoms with E-state index in [1.807, 2.05) is 0 Å². The Labute approximate surface area is 247 Å². The number of nitrogens with two attached hydrogens (primary N) is 2. The highest BCUT2D eigenvalue weighted by Crippen LogP contribution is 2.32. The molecule has 5 amide bonds. The standard InChI is InChI=1S/C29H48N6O7/c1-15(2)42-27(40)21(17-10-7-11-17)33-28(41)34-23(29(3,4)5)26(39)35-14-18(30)13-20(35)25(38)32-19(22(36)24(31)37)12-16-8-6-9-16/h15-21,23H,6-14,30H2,1-5H3,(H2,31,37)(H,32,38)(H2,33,34,41)/t18?,19?,20-,21?,23?/m0/s1. The summed E-state index contributed by atoms with van der Waals surface area (Å²) in [7, 11) is 0. The first kappa shape index (κ1) is 33.3. The van der Waals surface area contributed by atoms with Gasteiger partial charge in [-0.05, 0) is 56.8 Å². The highest BCUT2D eigenvalue weighted by atomic mass is 16.5. The molecular formula is C29H48N6O7. The van der Waals surface area contributed by atoms with Crippen molar-refractivity contribution in [1.29, 1.82) is 0 Å². The molecule has 0 spiro atoms. The Morgan fingerprint density at radius 1 is 0.952 bits per heavy atom. The van der Waals surface area contributed by atoms with E-state index in [1.54, 1.807) is 34.6 Å². The number of amides is 5. The van der Waals surface area contributed by atoms with Gasteiger partial charge in [-0.25, -0.2) is 9.59 Å². The van der Waals surface area contributed by atoms with Crippen LogP contribution in [0.2, 0.25) is 0 Å². The molecule has 3 rings (SSSR count). The fraction of sp³-hybridized carbons (Fsp3) is 0.793. The zero-order chi connectivity index (χ0) is 31.4. The maximum absolute atomic E-state index is 13.9. The average molecular weight is 593 g/mol.